The van der Waals surface area contributed by atoms with E-state index in [1.54, 1.807) is 43.3 Å². The van der Waals surface area contributed by atoms with Gasteiger partial charge in [-0.25, -0.2) is 0 Å². The molecule has 0 aliphatic rings. The molecule has 2 aromatic carbocycles. The Morgan fingerprint density at radius 3 is 2.23 bits per heavy atom. The van der Waals surface area contributed by atoms with Crippen LogP contribution in [0.15, 0.2) is 59.4 Å². The van der Waals surface area contributed by atoms with Gasteiger partial charge in [-0.1, -0.05) is 36.4 Å². The SMILES string of the molecule is Cc1cc(-c2ccc(-c3cccc(C(F)(F)F)c3)cc2)c(C#N)c(=O)[nH]1. The monoisotopic (exact) mass is 354 g/mol. The van der Waals surface area contributed by atoms with Crippen LogP contribution in [0.3, 0.4) is 0 Å². The van der Waals surface area contributed by atoms with E-state index in [-0.39, 0.29) is 5.56 Å². The molecule has 1 aromatic heterocycles. The zero-order valence-electron chi connectivity index (χ0n) is 13.7. The first-order valence-electron chi connectivity index (χ1n) is 7.71. The number of rotatable bonds is 2. The number of aromatic amines is 1. The predicted molar refractivity (Wildman–Crippen MR) is 92.4 cm³/mol. The van der Waals surface area contributed by atoms with Crippen LogP contribution in [-0.2, 0) is 6.18 Å². The van der Waals surface area contributed by atoms with Crippen molar-refractivity contribution in [3.8, 4) is 28.3 Å². The smallest absolute Gasteiger partial charge is 0.325 e. The molecule has 0 spiro atoms. The van der Waals surface area contributed by atoms with Gasteiger partial charge in [-0.05, 0) is 41.8 Å². The minimum absolute atomic E-state index is 0.00224. The summed E-state index contributed by atoms with van der Waals surface area (Å²) in [6.07, 6.45) is -4.40. The zero-order valence-corrected chi connectivity index (χ0v) is 13.7. The maximum atomic E-state index is 12.9. The van der Waals surface area contributed by atoms with E-state index >= 15 is 0 Å². The third kappa shape index (κ3) is 3.38. The number of nitrogens with zero attached hydrogens (tertiary/aromatic N) is 1. The molecule has 1 heterocycles. The van der Waals surface area contributed by atoms with Gasteiger partial charge in [-0.3, -0.25) is 4.79 Å². The summed E-state index contributed by atoms with van der Waals surface area (Å²) in [7, 11) is 0. The molecule has 0 aliphatic carbocycles. The van der Waals surface area contributed by atoms with Gasteiger partial charge in [0.2, 0.25) is 0 Å². The highest BCUT2D eigenvalue weighted by molar-refractivity contribution is 5.74. The molecular weight excluding hydrogens is 341 g/mol. The lowest BCUT2D eigenvalue weighted by Gasteiger charge is -2.10. The lowest BCUT2D eigenvalue weighted by Crippen LogP contribution is -2.12. The molecule has 0 radical (unpaired) electrons. The van der Waals surface area contributed by atoms with E-state index in [4.69, 9.17) is 0 Å². The molecule has 130 valence electrons. The first-order valence-corrected chi connectivity index (χ1v) is 7.71. The highest BCUT2D eigenvalue weighted by Gasteiger charge is 2.30. The van der Waals surface area contributed by atoms with Gasteiger partial charge in [0.15, 0.2) is 0 Å². The van der Waals surface area contributed by atoms with Crippen molar-refractivity contribution < 1.29 is 13.2 Å². The highest BCUT2D eigenvalue weighted by atomic mass is 19.4. The van der Waals surface area contributed by atoms with Gasteiger partial charge >= 0.3 is 6.18 Å². The standard InChI is InChI=1S/C20H13F3N2O/c1-12-9-17(18(11-24)19(26)25-12)14-7-5-13(6-8-14)15-3-2-4-16(10-15)20(21,22)23/h2-10H,1H3,(H,25,26). The van der Waals surface area contributed by atoms with E-state index in [2.05, 4.69) is 4.98 Å². The number of pyridine rings is 1. The van der Waals surface area contributed by atoms with E-state index in [0.29, 0.717) is 27.9 Å². The molecule has 0 saturated carbocycles. The minimum Gasteiger partial charge on any atom is -0.325 e. The number of H-pyrrole nitrogens is 1. The summed E-state index contributed by atoms with van der Waals surface area (Å²) in [4.78, 5) is 14.5. The lowest BCUT2D eigenvalue weighted by atomic mass is 9.97. The van der Waals surface area contributed by atoms with E-state index in [1.165, 1.54) is 6.07 Å². The Labute approximate surface area is 147 Å². The minimum atomic E-state index is -4.40. The van der Waals surface area contributed by atoms with Crippen LogP contribution in [-0.4, -0.2) is 4.98 Å². The molecule has 0 bridgehead atoms. The fourth-order valence-electron chi connectivity index (χ4n) is 2.74. The van der Waals surface area contributed by atoms with E-state index in [0.717, 1.165) is 12.1 Å². The summed E-state index contributed by atoms with van der Waals surface area (Å²) >= 11 is 0. The number of nitriles is 1. The summed E-state index contributed by atoms with van der Waals surface area (Å²) < 4.78 is 38.6. The highest BCUT2D eigenvalue weighted by Crippen LogP contribution is 2.33. The van der Waals surface area contributed by atoms with Gasteiger partial charge in [0.05, 0.1) is 5.56 Å². The number of benzene rings is 2. The summed E-state index contributed by atoms with van der Waals surface area (Å²) in [6.45, 7) is 1.71. The van der Waals surface area contributed by atoms with Gasteiger partial charge in [-0.15, -0.1) is 0 Å². The van der Waals surface area contributed by atoms with Gasteiger partial charge in [-0.2, -0.15) is 18.4 Å². The Kier molecular flexibility index (Phi) is 4.39. The lowest BCUT2D eigenvalue weighted by molar-refractivity contribution is -0.137. The fraction of sp³-hybridized carbons (Fsp3) is 0.100. The largest absolute Gasteiger partial charge is 0.416 e. The van der Waals surface area contributed by atoms with Crippen molar-refractivity contribution in [1.82, 2.24) is 4.98 Å². The Morgan fingerprint density at radius 1 is 0.962 bits per heavy atom. The number of alkyl halides is 3. The number of aromatic nitrogens is 1. The number of halogens is 3. The molecule has 1 N–H and O–H groups in total. The van der Waals surface area contributed by atoms with Crippen molar-refractivity contribution in [2.24, 2.45) is 0 Å². The maximum Gasteiger partial charge on any atom is 0.416 e. The molecule has 0 aliphatic heterocycles. The zero-order chi connectivity index (χ0) is 18.9. The van der Waals surface area contributed by atoms with Crippen LogP contribution < -0.4 is 5.56 Å². The number of hydrogen-bond donors (Lipinski definition) is 1. The van der Waals surface area contributed by atoms with Crippen molar-refractivity contribution in [2.75, 3.05) is 0 Å². The fourth-order valence-corrected chi connectivity index (χ4v) is 2.74. The molecular formula is C20H13F3N2O. The first-order chi connectivity index (χ1) is 12.3. The molecule has 0 fully saturated rings. The van der Waals surface area contributed by atoms with Crippen molar-refractivity contribution in [1.29, 1.82) is 5.26 Å². The molecule has 0 saturated heterocycles. The number of hydrogen-bond acceptors (Lipinski definition) is 2. The van der Waals surface area contributed by atoms with Gasteiger partial charge < -0.3 is 4.98 Å². The van der Waals surface area contributed by atoms with Crippen LogP contribution in [0.2, 0.25) is 0 Å². The molecule has 0 atom stereocenters. The normalized spacial score (nSPS) is 11.2. The van der Waals surface area contributed by atoms with E-state index in [1.807, 2.05) is 6.07 Å². The van der Waals surface area contributed by atoms with E-state index in [9.17, 15) is 23.2 Å². The molecule has 3 rings (SSSR count). The quantitative estimate of drug-likeness (QED) is 0.711. The average Bonchev–Trinajstić information content (AvgIpc) is 2.61. The number of nitrogens with one attached hydrogen (secondary N) is 1. The summed E-state index contributed by atoms with van der Waals surface area (Å²) in [5.41, 5.74) is 1.62. The summed E-state index contributed by atoms with van der Waals surface area (Å²) in [6, 6.07) is 15.4. The number of aryl methyl sites for hydroxylation is 1. The summed E-state index contributed by atoms with van der Waals surface area (Å²) in [5, 5.41) is 9.21. The van der Waals surface area contributed by atoms with Crippen LogP contribution in [0.1, 0.15) is 16.8 Å². The van der Waals surface area contributed by atoms with Crippen molar-refractivity contribution >= 4 is 0 Å². The van der Waals surface area contributed by atoms with Crippen molar-refractivity contribution in [3.05, 3.63) is 81.8 Å². The van der Waals surface area contributed by atoms with Gasteiger partial charge in [0.25, 0.3) is 5.56 Å². The van der Waals surface area contributed by atoms with Crippen LogP contribution in [0.5, 0.6) is 0 Å². The van der Waals surface area contributed by atoms with Crippen molar-refractivity contribution in [3.63, 3.8) is 0 Å². The second kappa shape index (κ2) is 6.52. The molecule has 3 aromatic rings. The first kappa shape index (κ1) is 17.5. The van der Waals surface area contributed by atoms with Crippen LogP contribution >= 0.6 is 0 Å². The Bertz CT molecular complexity index is 1060. The average molecular weight is 354 g/mol. The molecule has 6 heteroatoms. The van der Waals surface area contributed by atoms with E-state index < -0.39 is 17.3 Å². The second-order valence-electron chi connectivity index (χ2n) is 5.84. The molecule has 0 unspecified atom stereocenters. The van der Waals surface area contributed by atoms with Crippen molar-refractivity contribution in [2.45, 2.75) is 13.1 Å². The maximum absolute atomic E-state index is 12.9. The topological polar surface area (TPSA) is 56.6 Å². The third-order valence-corrected chi connectivity index (χ3v) is 4.00. The Morgan fingerprint density at radius 2 is 1.62 bits per heavy atom. The Hall–Kier alpha value is -3.33. The van der Waals surface area contributed by atoms with Gasteiger partial charge in [0, 0.05) is 11.3 Å². The van der Waals surface area contributed by atoms with Crippen LogP contribution in [0.4, 0.5) is 13.2 Å². The van der Waals surface area contributed by atoms with Crippen LogP contribution in [0.25, 0.3) is 22.3 Å². The molecule has 26 heavy (non-hydrogen) atoms. The molecule has 3 nitrogen and oxygen atoms in total. The summed E-state index contributed by atoms with van der Waals surface area (Å²) in [5.74, 6) is 0. The third-order valence-electron chi connectivity index (χ3n) is 4.00. The Balaban J connectivity index is 2.04. The second-order valence-corrected chi connectivity index (χ2v) is 5.84. The van der Waals surface area contributed by atoms with Gasteiger partial charge in [0.1, 0.15) is 11.6 Å². The van der Waals surface area contributed by atoms with Crippen LogP contribution in [0, 0.1) is 18.3 Å². The predicted octanol–water partition coefficient (Wildman–Crippen LogP) is 4.91. The molecule has 0 amide bonds.